The van der Waals surface area contributed by atoms with Gasteiger partial charge >= 0.3 is 0 Å². The topological polar surface area (TPSA) is 62.8 Å². The van der Waals surface area contributed by atoms with Crippen molar-refractivity contribution in [2.75, 3.05) is 32.8 Å². The minimum absolute atomic E-state index is 0.181. The van der Waals surface area contributed by atoms with E-state index in [0.29, 0.717) is 19.8 Å². The molecule has 0 atom stereocenters. The molecule has 2 aromatic carbocycles. The number of nitrogens with one attached hydrogen (secondary N) is 2. The van der Waals surface area contributed by atoms with Gasteiger partial charge in [0.25, 0.3) is 0 Å². The van der Waals surface area contributed by atoms with Crippen LogP contribution in [0.25, 0.3) is 0 Å². The van der Waals surface area contributed by atoms with E-state index in [1.807, 2.05) is 19.1 Å². The molecular weight excluding hydrogens is 420 g/mol. The molecule has 0 bridgehead atoms. The Labute approximate surface area is 176 Å². The van der Waals surface area contributed by atoms with Gasteiger partial charge in [-0.15, -0.1) is 0 Å². The summed E-state index contributed by atoms with van der Waals surface area (Å²) >= 11 is 3.64. The van der Waals surface area contributed by atoms with E-state index in [1.54, 1.807) is 0 Å². The molecule has 2 aromatic rings. The fourth-order valence-corrected chi connectivity index (χ4v) is 3.46. The summed E-state index contributed by atoms with van der Waals surface area (Å²) in [5.41, 5.74) is 3.50. The van der Waals surface area contributed by atoms with Gasteiger partial charge < -0.3 is 25.2 Å². The van der Waals surface area contributed by atoms with Crippen LogP contribution in [0.15, 0.2) is 40.9 Å². The fraction of sp³-hybridized carbons (Fsp3) is 0.455. The Morgan fingerprint density at radius 2 is 1.82 bits per heavy atom. The molecule has 6 heteroatoms. The first-order valence-corrected chi connectivity index (χ1v) is 10.6. The number of aryl methyl sites for hydroxylation is 1. The van der Waals surface area contributed by atoms with Crippen molar-refractivity contribution in [3.8, 4) is 11.5 Å². The first kappa shape index (κ1) is 22.7. The molecule has 0 saturated carbocycles. The molecule has 0 heterocycles. The second-order valence-corrected chi connectivity index (χ2v) is 7.47. The van der Waals surface area contributed by atoms with E-state index < -0.39 is 0 Å². The standard InChI is InChI=1S/C22H31BrN2O3/c1-3-27-21-14-19(15-25-9-5-8-24-10-11-26)13-20(23)22(21)28-16-18-7-4-6-17(2)12-18/h4,6-7,12-14,24-26H,3,5,8-11,15-16H2,1-2H3. The van der Waals surface area contributed by atoms with Gasteiger partial charge in [0.2, 0.25) is 0 Å². The van der Waals surface area contributed by atoms with E-state index in [-0.39, 0.29) is 6.61 Å². The molecule has 0 aliphatic carbocycles. The molecule has 28 heavy (non-hydrogen) atoms. The number of hydrogen-bond acceptors (Lipinski definition) is 5. The van der Waals surface area contributed by atoms with Gasteiger partial charge in [-0.05, 0) is 72.5 Å². The Bertz CT molecular complexity index is 725. The van der Waals surface area contributed by atoms with Gasteiger partial charge in [-0.1, -0.05) is 29.8 Å². The quantitative estimate of drug-likeness (QED) is 0.405. The zero-order valence-corrected chi connectivity index (χ0v) is 18.3. The van der Waals surface area contributed by atoms with Crippen LogP contribution in [-0.2, 0) is 13.2 Å². The summed E-state index contributed by atoms with van der Waals surface area (Å²) in [6.45, 7) is 8.53. The van der Waals surface area contributed by atoms with Crippen molar-refractivity contribution in [3.05, 3.63) is 57.6 Å². The summed E-state index contributed by atoms with van der Waals surface area (Å²) < 4.78 is 12.8. The minimum Gasteiger partial charge on any atom is -0.490 e. The molecular formula is C22H31BrN2O3. The number of aliphatic hydroxyl groups excluding tert-OH is 1. The Morgan fingerprint density at radius 3 is 2.57 bits per heavy atom. The number of ether oxygens (including phenoxy) is 2. The van der Waals surface area contributed by atoms with Crippen molar-refractivity contribution in [2.45, 2.75) is 33.4 Å². The molecule has 154 valence electrons. The minimum atomic E-state index is 0.181. The van der Waals surface area contributed by atoms with Gasteiger partial charge in [0.15, 0.2) is 11.5 Å². The Kier molecular flexibility index (Phi) is 10.4. The summed E-state index contributed by atoms with van der Waals surface area (Å²) in [7, 11) is 0. The molecule has 0 fully saturated rings. The zero-order chi connectivity index (χ0) is 20.2. The van der Waals surface area contributed by atoms with E-state index in [9.17, 15) is 0 Å². The first-order chi connectivity index (χ1) is 13.6. The van der Waals surface area contributed by atoms with E-state index in [2.05, 4.69) is 57.8 Å². The van der Waals surface area contributed by atoms with Crippen LogP contribution in [-0.4, -0.2) is 38.0 Å². The third kappa shape index (κ3) is 7.80. The van der Waals surface area contributed by atoms with Gasteiger partial charge in [-0.3, -0.25) is 0 Å². The van der Waals surface area contributed by atoms with Crippen molar-refractivity contribution < 1.29 is 14.6 Å². The van der Waals surface area contributed by atoms with Crippen LogP contribution in [0.3, 0.4) is 0 Å². The van der Waals surface area contributed by atoms with Crippen molar-refractivity contribution in [1.29, 1.82) is 0 Å². The average molecular weight is 451 g/mol. The molecule has 5 nitrogen and oxygen atoms in total. The smallest absolute Gasteiger partial charge is 0.175 e. The summed E-state index contributed by atoms with van der Waals surface area (Å²) in [5, 5.41) is 15.4. The first-order valence-electron chi connectivity index (χ1n) is 9.80. The molecule has 0 radical (unpaired) electrons. The molecule has 0 saturated heterocycles. The molecule has 0 unspecified atom stereocenters. The number of rotatable bonds is 13. The summed E-state index contributed by atoms with van der Waals surface area (Å²) in [6, 6.07) is 12.4. The fourth-order valence-electron chi connectivity index (χ4n) is 2.86. The molecule has 0 amide bonds. The third-order valence-corrected chi connectivity index (χ3v) is 4.75. The van der Waals surface area contributed by atoms with Crippen molar-refractivity contribution in [2.24, 2.45) is 0 Å². The average Bonchev–Trinajstić information content (AvgIpc) is 2.67. The maximum atomic E-state index is 8.75. The van der Waals surface area contributed by atoms with Crippen LogP contribution in [0, 0.1) is 6.92 Å². The summed E-state index contributed by atoms with van der Waals surface area (Å²) in [6.07, 6.45) is 1.01. The van der Waals surface area contributed by atoms with Gasteiger partial charge in [0.1, 0.15) is 6.61 Å². The molecule has 0 spiro atoms. The lowest BCUT2D eigenvalue weighted by atomic mass is 10.1. The molecule has 3 N–H and O–H groups in total. The summed E-state index contributed by atoms with van der Waals surface area (Å²) in [4.78, 5) is 0. The molecule has 2 rings (SSSR count). The highest BCUT2D eigenvalue weighted by molar-refractivity contribution is 9.10. The number of halogens is 1. The Balaban J connectivity index is 1.94. The van der Waals surface area contributed by atoms with Gasteiger partial charge in [0, 0.05) is 13.1 Å². The Morgan fingerprint density at radius 1 is 1.00 bits per heavy atom. The predicted molar refractivity (Wildman–Crippen MR) is 117 cm³/mol. The van der Waals surface area contributed by atoms with Crippen LogP contribution >= 0.6 is 15.9 Å². The van der Waals surface area contributed by atoms with Crippen LogP contribution in [0.2, 0.25) is 0 Å². The normalized spacial score (nSPS) is 10.9. The number of benzene rings is 2. The molecule has 0 aliphatic rings. The van der Waals surface area contributed by atoms with Crippen LogP contribution < -0.4 is 20.1 Å². The monoisotopic (exact) mass is 450 g/mol. The maximum absolute atomic E-state index is 8.75. The van der Waals surface area contributed by atoms with E-state index in [1.165, 1.54) is 5.56 Å². The van der Waals surface area contributed by atoms with Crippen LogP contribution in [0.1, 0.15) is 30.0 Å². The van der Waals surface area contributed by atoms with Gasteiger partial charge in [0.05, 0.1) is 17.7 Å². The summed E-state index contributed by atoms with van der Waals surface area (Å²) in [5.74, 6) is 1.49. The third-order valence-electron chi connectivity index (χ3n) is 4.16. The zero-order valence-electron chi connectivity index (χ0n) is 16.8. The Hall–Kier alpha value is -1.60. The van der Waals surface area contributed by atoms with Gasteiger partial charge in [-0.2, -0.15) is 0 Å². The molecule has 0 aliphatic heterocycles. The maximum Gasteiger partial charge on any atom is 0.175 e. The van der Waals surface area contributed by atoms with Crippen molar-refractivity contribution in [1.82, 2.24) is 10.6 Å². The second-order valence-electron chi connectivity index (χ2n) is 6.62. The predicted octanol–water partition coefficient (Wildman–Crippen LogP) is 3.80. The van der Waals surface area contributed by atoms with Crippen LogP contribution in [0.5, 0.6) is 11.5 Å². The lowest BCUT2D eigenvalue weighted by Crippen LogP contribution is -2.23. The van der Waals surface area contributed by atoms with E-state index in [4.69, 9.17) is 14.6 Å². The lowest BCUT2D eigenvalue weighted by Gasteiger charge is -2.16. The highest BCUT2D eigenvalue weighted by Gasteiger charge is 2.12. The van der Waals surface area contributed by atoms with E-state index in [0.717, 1.165) is 53.2 Å². The largest absolute Gasteiger partial charge is 0.490 e. The lowest BCUT2D eigenvalue weighted by molar-refractivity contribution is 0.267. The highest BCUT2D eigenvalue weighted by Crippen LogP contribution is 2.37. The number of aliphatic hydroxyl groups is 1. The highest BCUT2D eigenvalue weighted by atomic mass is 79.9. The van der Waals surface area contributed by atoms with Crippen LogP contribution in [0.4, 0.5) is 0 Å². The SMILES string of the molecule is CCOc1cc(CNCCCNCCO)cc(Br)c1OCc1cccc(C)c1. The number of hydrogen-bond donors (Lipinski definition) is 3. The van der Waals surface area contributed by atoms with E-state index >= 15 is 0 Å². The molecule has 0 aromatic heterocycles. The van der Waals surface area contributed by atoms with Crippen molar-refractivity contribution >= 4 is 15.9 Å². The second kappa shape index (κ2) is 12.8. The van der Waals surface area contributed by atoms with Crippen molar-refractivity contribution in [3.63, 3.8) is 0 Å². The van der Waals surface area contributed by atoms with Gasteiger partial charge in [-0.25, -0.2) is 0 Å².